The molecule has 1 saturated heterocycles. The van der Waals surface area contributed by atoms with Crippen LogP contribution in [0.4, 0.5) is 4.79 Å². The van der Waals surface area contributed by atoms with E-state index in [9.17, 15) is 14.7 Å². The molecule has 1 saturated carbocycles. The van der Waals surface area contributed by atoms with Crippen LogP contribution < -0.4 is 5.32 Å². The van der Waals surface area contributed by atoms with Crippen molar-refractivity contribution in [1.82, 2.24) is 10.2 Å². The highest BCUT2D eigenvalue weighted by Gasteiger charge is 2.33. The largest absolute Gasteiger partial charge is 0.480 e. The number of urea groups is 1. The lowest BCUT2D eigenvalue weighted by Gasteiger charge is -2.35. The Morgan fingerprint density at radius 2 is 2.00 bits per heavy atom. The Hall–Kier alpha value is -0.560. The fraction of sp³-hybridized carbons (Fsp3) is 0.846. The van der Waals surface area contributed by atoms with Gasteiger partial charge in [-0.05, 0) is 31.9 Å². The first kappa shape index (κ1) is 15.8. The van der Waals surface area contributed by atoms with Crippen LogP contribution in [0.1, 0.15) is 25.7 Å². The summed E-state index contributed by atoms with van der Waals surface area (Å²) in [5.74, 6) is 0.400. The van der Waals surface area contributed by atoms with E-state index in [4.69, 9.17) is 0 Å². The Bertz CT molecular complexity index is 360. The summed E-state index contributed by atoms with van der Waals surface area (Å²) in [6.07, 6.45) is 6.39. The molecule has 7 heteroatoms. The van der Waals surface area contributed by atoms with Gasteiger partial charge in [0, 0.05) is 29.3 Å². The van der Waals surface area contributed by atoms with Gasteiger partial charge in [0.1, 0.15) is 6.04 Å². The number of carboxylic acid groups (broad SMARTS) is 1. The Kier molecular flexibility index (Phi) is 5.89. The van der Waals surface area contributed by atoms with Gasteiger partial charge in [0.15, 0.2) is 0 Å². The van der Waals surface area contributed by atoms with Crippen LogP contribution in [-0.4, -0.2) is 63.6 Å². The van der Waals surface area contributed by atoms with Crippen LogP contribution in [0.2, 0.25) is 0 Å². The molecule has 5 nitrogen and oxygen atoms in total. The average Bonchev–Trinajstić information content (AvgIpc) is 2.48. The molecular weight excluding hydrogens is 296 g/mol. The minimum atomic E-state index is -0.904. The highest BCUT2D eigenvalue weighted by Crippen LogP contribution is 2.27. The second-order valence-electron chi connectivity index (χ2n) is 5.28. The van der Waals surface area contributed by atoms with Crippen LogP contribution in [0, 0.1) is 0 Å². The first-order valence-corrected chi connectivity index (χ1v) is 9.46. The summed E-state index contributed by atoms with van der Waals surface area (Å²) in [6, 6.07) is -0.684. The SMILES string of the molecule is CSC1CCC(NC(=O)N2CCSCC2C(=O)O)CC1. The van der Waals surface area contributed by atoms with Gasteiger partial charge in [-0.2, -0.15) is 23.5 Å². The molecule has 1 aliphatic heterocycles. The Morgan fingerprint density at radius 1 is 1.30 bits per heavy atom. The minimum Gasteiger partial charge on any atom is -0.480 e. The van der Waals surface area contributed by atoms with Crippen molar-refractivity contribution in [3.05, 3.63) is 0 Å². The molecular formula is C13H22N2O3S2. The number of carbonyl (C=O) groups is 2. The van der Waals surface area contributed by atoms with E-state index >= 15 is 0 Å². The molecule has 114 valence electrons. The highest BCUT2D eigenvalue weighted by atomic mass is 32.2. The zero-order valence-corrected chi connectivity index (χ0v) is 13.3. The van der Waals surface area contributed by atoms with Crippen molar-refractivity contribution in [3.63, 3.8) is 0 Å². The van der Waals surface area contributed by atoms with Crippen LogP contribution in [0.25, 0.3) is 0 Å². The van der Waals surface area contributed by atoms with E-state index in [1.807, 2.05) is 11.8 Å². The maximum Gasteiger partial charge on any atom is 0.327 e. The number of hydrogen-bond acceptors (Lipinski definition) is 4. The molecule has 0 bridgehead atoms. The van der Waals surface area contributed by atoms with Crippen LogP contribution in [0.3, 0.4) is 0 Å². The van der Waals surface area contributed by atoms with Gasteiger partial charge in [0.2, 0.25) is 0 Å². The molecule has 0 aromatic rings. The Labute approximate surface area is 128 Å². The van der Waals surface area contributed by atoms with Gasteiger partial charge in [0.25, 0.3) is 0 Å². The van der Waals surface area contributed by atoms with Crippen LogP contribution in [0.15, 0.2) is 0 Å². The van der Waals surface area contributed by atoms with E-state index in [1.54, 1.807) is 11.8 Å². The molecule has 2 amide bonds. The summed E-state index contributed by atoms with van der Waals surface area (Å²) in [7, 11) is 0. The molecule has 0 aromatic carbocycles. The van der Waals surface area contributed by atoms with E-state index in [1.165, 1.54) is 4.90 Å². The van der Waals surface area contributed by atoms with Gasteiger partial charge >= 0.3 is 12.0 Å². The zero-order chi connectivity index (χ0) is 14.5. The molecule has 20 heavy (non-hydrogen) atoms. The molecule has 2 fully saturated rings. The fourth-order valence-corrected chi connectivity index (χ4v) is 4.53. The minimum absolute atomic E-state index is 0.203. The number of carboxylic acids is 1. The number of nitrogens with one attached hydrogen (secondary N) is 1. The molecule has 1 atom stereocenters. The molecule has 1 heterocycles. The third kappa shape index (κ3) is 3.97. The van der Waals surface area contributed by atoms with Crippen LogP contribution >= 0.6 is 23.5 Å². The summed E-state index contributed by atoms with van der Waals surface area (Å²) in [5.41, 5.74) is 0. The monoisotopic (exact) mass is 318 g/mol. The Balaban J connectivity index is 1.86. The number of nitrogens with zero attached hydrogens (tertiary/aromatic N) is 1. The maximum atomic E-state index is 12.3. The van der Waals surface area contributed by atoms with E-state index in [0.717, 1.165) is 31.4 Å². The second-order valence-corrected chi connectivity index (χ2v) is 7.57. The first-order valence-electron chi connectivity index (χ1n) is 7.02. The van der Waals surface area contributed by atoms with Gasteiger partial charge in [0.05, 0.1) is 0 Å². The van der Waals surface area contributed by atoms with Crippen molar-refractivity contribution in [1.29, 1.82) is 0 Å². The highest BCUT2D eigenvalue weighted by molar-refractivity contribution is 7.99. The quantitative estimate of drug-likeness (QED) is 0.831. The second kappa shape index (κ2) is 7.45. The number of carbonyl (C=O) groups excluding carboxylic acids is 1. The van der Waals surface area contributed by atoms with Gasteiger partial charge < -0.3 is 15.3 Å². The lowest BCUT2D eigenvalue weighted by molar-refractivity contribution is -0.141. The number of hydrogen-bond donors (Lipinski definition) is 2. The predicted octanol–water partition coefficient (Wildman–Crippen LogP) is 1.87. The number of aliphatic carboxylic acids is 1. The molecule has 0 radical (unpaired) electrons. The molecule has 2 N–H and O–H groups in total. The average molecular weight is 318 g/mol. The van der Waals surface area contributed by atoms with E-state index < -0.39 is 12.0 Å². The topological polar surface area (TPSA) is 69.6 Å². The van der Waals surface area contributed by atoms with Crippen molar-refractivity contribution in [2.75, 3.05) is 24.3 Å². The molecule has 0 spiro atoms. The summed E-state index contributed by atoms with van der Waals surface area (Å²) >= 11 is 3.49. The molecule has 0 aromatic heterocycles. The first-order chi connectivity index (χ1) is 9.61. The van der Waals surface area contributed by atoms with E-state index in [2.05, 4.69) is 11.6 Å². The van der Waals surface area contributed by atoms with Crippen molar-refractivity contribution in [2.45, 2.75) is 43.0 Å². The summed E-state index contributed by atoms with van der Waals surface area (Å²) in [6.45, 7) is 0.521. The fourth-order valence-electron chi connectivity index (χ4n) is 2.75. The predicted molar refractivity (Wildman–Crippen MR) is 83.5 cm³/mol. The van der Waals surface area contributed by atoms with Crippen molar-refractivity contribution in [3.8, 4) is 0 Å². The van der Waals surface area contributed by atoms with Crippen molar-refractivity contribution >= 4 is 35.5 Å². The van der Waals surface area contributed by atoms with Gasteiger partial charge in [-0.25, -0.2) is 9.59 Å². The van der Waals surface area contributed by atoms with Crippen LogP contribution in [-0.2, 0) is 4.79 Å². The molecule has 2 rings (SSSR count). The maximum absolute atomic E-state index is 12.3. The molecule has 1 unspecified atom stereocenters. The van der Waals surface area contributed by atoms with Gasteiger partial charge in [-0.15, -0.1) is 0 Å². The molecule has 2 aliphatic rings. The molecule has 1 aliphatic carbocycles. The van der Waals surface area contributed by atoms with E-state index in [0.29, 0.717) is 17.5 Å². The third-order valence-corrected chi connectivity index (χ3v) is 6.17. The third-order valence-electron chi connectivity index (χ3n) is 4.01. The van der Waals surface area contributed by atoms with Crippen LogP contribution in [0.5, 0.6) is 0 Å². The Morgan fingerprint density at radius 3 is 2.60 bits per heavy atom. The number of amides is 2. The lowest BCUT2D eigenvalue weighted by Crippen LogP contribution is -2.55. The normalized spacial score (nSPS) is 30.9. The summed E-state index contributed by atoms with van der Waals surface area (Å²) in [5, 5.41) is 12.9. The lowest BCUT2D eigenvalue weighted by atomic mass is 9.95. The van der Waals surface area contributed by atoms with Gasteiger partial charge in [-0.1, -0.05) is 0 Å². The number of rotatable bonds is 3. The van der Waals surface area contributed by atoms with E-state index in [-0.39, 0.29) is 12.1 Å². The summed E-state index contributed by atoms with van der Waals surface area (Å²) < 4.78 is 0. The smallest absolute Gasteiger partial charge is 0.327 e. The zero-order valence-electron chi connectivity index (χ0n) is 11.7. The van der Waals surface area contributed by atoms with Crippen molar-refractivity contribution < 1.29 is 14.7 Å². The van der Waals surface area contributed by atoms with Gasteiger partial charge in [-0.3, -0.25) is 0 Å². The summed E-state index contributed by atoms with van der Waals surface area (Å²) in [4.78, 5) is 25.0. The standard InChI is InChI=1S/C13H22N2O3S2/c1-19-10-4-2-9(3-5-10)14-13(18)15-6-7-20-8-11(15)12(16)17/h9-11H,2-8H2,1H3,(H,14,18)(H,16,17). The number of thioether (sulfide) groups is 2. The van der Waals surface area contributed by atoms with Crippen molar-refractivity contribution in [2.24, 2.45) is 0 Å².